The molecular weight excluding hydrogens is 230 g/mol. The van der Waals surface area contributed by atoms with E-state index in [1.165, 1.54) is 12.0 Å². The smallest absolute Gasteiger partial charge is 0.243 e. The van der Waals surface area contributed by atoms with Gasteiger partial charge >= 0.3 is 0 Å². The quantitative estimate of drug-likeness (QED) is 0.752. The Bertz CT molecular complexity index is 523. The van der Waals surface area contributed by atoms with Gasteiger partial charge in [-0.2, -0.15) is 0 Å². The van der Waals surface area contributed by atoms with E-state index in [2.05, 4.69) is 0 Å². The fourth-order valence-corrected chi connectivity index (χ4v) is 2.89. The zero-order chi connectivity index (χ0) is 11.8. The number of benzene rings is 1. The van der Waals surface area contributed by atoms with Gasteiger partial charge < -0.3 is 4.74 Å². The second kappa shape index (κ2) is 3.79. The Balaban J connectivity index is 2.35. The number of rotatable bonds is 2. The van der Waals surface area contributed by atoms with Crippen molar-refractivity contribution in [1.82, 2.24) is 0 Å². The van der Waals surface area contributed by atoms with E-state index in [-0.39, 0.29) is 5.88 Å². The van der Waals surface area contributed by atoms with Crippen molar-refractivity contribution in [3.8, 4) is 5.75 Å². The lowest BCUT2D eigenvalue weighted by atomic mass is 10.3. The number of methoxy groups -OCH3 is 1. The summed E-state index contributed by atoms with van der Waals surface area (Å²) in [4.78, 5) is 12.7. The molecule has 0 radical (unpaired) electrons. The summed E-state index contributed by atoms with van der Waals surface area (Å²) in [5.74, 6) is -0.466. The van der Waals surface area contributed by atoms with Crippen LogP contribution in [-0.4, -0.2) is 33.1 Å². The second-order valence-corrected chi connectivity index (χ2v) is 5.57. The zero-order valence-electron chi connectivity index (χ0n) is 8.71. The minimum absolute atomic E-state index is 0.251. The summed E-state index contributed by atoms with van der Waals surface area (Å²) in [5, 5.41) is 0. The van der Waals surface area contributed by atoms with Gasteiger partial charge in [-0.1, -0.05) is 6.07 Å². The molecule has 0 spiro atoms. The molecule has 16 heavy (non-hydrogen) atoms. The minimum Gasteiger partial charge on any atom is -0.497 e. The van der Waals surface area contributed by atoms with E-state index in [0.29, 0.717) is 11.4 Å². The van der Waals surface area contributed by atoms with E-state index < -0.39 is 21.5 Å². The SMILES string of the molecule is COc1cccc(N2CS(=O)(=O)CC2=O)c1. The second-order valence-electron chi connectivity index (χ2n) is 3.54. The van der Waals surface area contributed by atoms with Crippen molar-refractivity contribution in [2.45, 2.75) is 0 Å². The third-order valence-electron chi connectivity index (χ3n) is 2.34. The third-order valence-corrected chi connectivity index (χ3v) is 3.67. The van der Waals surface area contributed by atoms with Crippen LogP contribution in [0.1, 0.15) is 0 Å². The molecule has 1 aliphatic heterocycles. The summed E-state index contributed by atoms with van der Waals surface area (Å²) in [6.07, 6.45) is 0. The fraction of sp³-hybridized carbons (Fsp3) is 0.300. The van der Waals surface area contributed by atoms with E-state index in [0.717, 1.165) is 0 Å². The lowest BCUT2D eigenvalue weighted by molar-refractivity contribution is -0.115. The largest absolute Gasteiger partial charge is 0.497 e. The van der Waals surface area contributed by atoms with E-state index in [4.69, 9.17) is 4.74 Å². The number of hydrogen-bond acceptors (Lipinski definition) is 4. The van der Waals surface area contributed by atoms with Gasteiger partial charge in [0, 0.05) is 11.8 Å². The van der Waals surface area contributed by atoms with Crippen molar-refractivity contribution in [2.24, 2.45) is 0 Å². The van der Waals surface area contributed by atoms with Gasteiger partial charge in [0.1, 0.15) is 17.4 Å². The topological polar surface area (TPSA) is 63.7 Å². The summed E-state index contributed by atoms with van der Waals surface area (Å²) >= 11 is 0. The predicted octanol–water partition coefficient (Wildman–Crippen LogP) is 0.414. The highest BCUT2D eigenvalue weighted by atomic mass is 32.2. The van der Waals surface area contributed by atoms with Crippen LogP contribution in [0, 0.1) is 0 Å². The molecule has 6 heteroatoms. The maximum Gasteiger partial charge on any atom is 0.243 e. The molecule has 5 nitrogen and oxygen atoms in total. The number of carbonyl (C=O) groups is 1. The van der Waals surface area contributed by atoms with Gasteiger partial charge in [-0.25, -0.2) is 8.42 Å². The predicted molar refractivity (Wildman–Crippen MR) is 59.1 cm³/mol. The number of amides is 1. The van der Waals surface area contributed by atoms with Gasteiger partial charge in [0.25, 0.3) is 0 Å². The van der Waals surface area contributed by atoms with Crippen LogP contribution in [0.4, 0.5) is 5.69 Å². The minimum atomic E-state index is -3.28. The van der Waals surface area contributed by atoms with Crippen LogP contribution in [0.25, 0.3) is 0 Å². The lowest BCUT2D eigenvalue weighted by Crippen LogP contribution is -2.25. The van der Waals surface area contributed by atoms with Crippen LogP contribution >= 0.6 is 0 Å². The fourth-order valence-electron chi connectivity index (χ4n) is 1.58. The molecule has 1 aromatic rings. The van der Waals surface area contributed by atoms with Crippen molar-refractivity contribution in [3.63, 3.8) is 0 Å². The Morgan fingerprint density at radius 3 is 2.69 bits per heavy atom. The molecule has 1 aromatic carbocycles. The van der Waals surface area contributed by atoms with E-state index in [1.807, 2.05) is 0 Å². The maximum atomic E-state index is 11.5. The van der Waals surface area contributed by atoms with E-state index in [9.17, 15) is 13.2 Å². The van der Waals surface area contributed by atoms with Gasteiger partial charge in [0.05, 0.1) is 7.11 Å². The van der Waals surface area contributed by atoms with E-state index in [1.54, 1.807) is 24.3 Å². The standard InChI is InChI=1S/C10H11NO4S/c1-15-9-4-2-3-8(5-9)11-7-16(13,14)6-10(11)12/h2-5H,6-7H2,1H3. The van der Waals surface area contributed by atoms with Crippen molar-refractivity contribution >= 4 is 21.4 Å². The number of sulfone groups is 1. The first-order valence-corrected chi connectivity index (χ1v) is 6.49. The van der Waals surface area contributed by atoms with E-state index >= 15 is 0 Å². The lowest BCUT2D eigenvalue weighted by Gasteiger charge is -2.14. The highest BCUT2D eigenvalue weighted by Crippen LogP contribution is 2.24. The molecule has 0 bridgehead atoms. The van der Waals surface area contributed by atoms with Crippen molar-refractivity contribution in [1.29, 1.82) is 0 Å². The zero-order valence-corrected chi connectivity index (χ0v) is 9.53. The molecule has 1 saturated heterocycles. The highest BCUT2D eigenvalue weighted by molar-refractivity contribution is 7.92. The Morgan fingerprint density at radius 1 is 1.38 bits per heavy atom. The first-order chi connectivity index (χ1) is 7.52. The molecule has 0 unspecified atom stereocenters. The summed E-state index contributed by atoms with van der Waals surface area (Å²) in [6, 6.07) is 6.77. The molecule has 1 fully saturated rings. The number of anilines is 1. The van der Waals surface area contributed by atoms with Crippen LogP contribution in [0.15, 0.2) is 24.3 Å². The summed E-state index contributed by atoms with van der Waals surface area (Å²) in [7, 11) is -1.76. The first-order valence-electron chi connectivity index (χ1n) is 4.67. The molecule has 86 valence electrons. The Labute approximate surface area is 93.5 Å². The molecule has 0 saturated carbocycles. The molecule has 1 aliphatic rings. The highest BCUT2D eigenvalue weighted by Gasteiger charge is 2.34. The van der Waals surface area contributed by atoms with Crippen LogP contribution in [-0.2, 0) is 14.6 Å². The monoisotopic (exact) mass is 241 g/mol. The molecule has 1 heterocycles. The van der Waals surface area contributed by atoms with Crippen molar-refractivity contribution < 1.29 is 17.9 Å². The van der Waals surface area contributed by atoms with Gasteiger partial charge in [-0.15, -0.1) is 0 Å². The Hall–Kier alpha value is -1.56. The number of nitrogens with zero attached hydrogens (tertiary/aromatic N) is 1. The Morgan fingerprint density at radius 2 is 2.12 bits per heavy atom. The summed E-state index contributed by atoms with van der Waals surface area (Å²) in [6.45, 7) is 0. The molecule has 0 atom stereocenters. The average Bonchev–Trinajstić information content (AvgIpc) is 2.52. The third kappa shape index (κ3) is 2.01. The van der Waals surface area contributed by atoms with Crippen LogP contribution in [0.5, 0.6) is 5.75 Å². The average molecular weight is 241 g/mol. The molecule has 0 aliphatic carbocycles. The van der Waals surface area contributed by atoms with Crippen molar-refractivity contribution in [2.75, 3.05) is 23.6 Å². The first kappa shape index (κ1) is 10.9. The molecule has 1 amide bonds. The number of carbonyl (C=O) groups excluding carboxylic acids is 1. The van der Waals surface area contributed by atoms with Gasteiger partial charge in [0.2, 0.25) is 5.91 Å². The number of ether oxygens (including phenoxy) is 1. The normalized spacial score (nSPS) is 18.8. The summed E-state index contributed by atoms with van der Waals surface area (Å²) in [5.41, 5.74) is 0.547. The maximum absolute atomic E-state index is 11.5. The number of hydrogen-bond donors (Lipinski definition) is 0. The van der Waals surface area contributed by atoms with Gasteiger partial charge in [0.15, 0.2) is 9.84 Å². The molecule has 0 N–H and O–H groups in total. The Kier molecular flexibility index (Phi) is 2.59. The van der Waals surface area contributed by atoms with Crippen LogP contribution in [0.3, 0.4) is 0 Å². The summed E-state index contributed by atoms with van der Waals surface area (Å²) < 4.78 is 27.6. The van der Waals surface area contributed by atoms with Gasteiger partial charge in [-0.3, -0.25) is 9.69 Å². The van der Waals surface area contributed by atoms with Gasteiger partial charge in [-0.05, 0) is 12.1 Å². The molecule has 2 rings (SSSR count). The molecular formula is C10H11NO4S. The van der Waals surface area contributed by atoms with Crippen LogP contribution in [0.2, 0.25) is 0 Å². The molecule has 0 aromatic heterocycles. The van der Waals surface area contributed by atoms with Crippen molar-refractivity contribution in [3.05, 3.63) is 24.3 Å². The van der Waals surface area contributed by atoms with Crippen LogP contribution < -0.4 is 9.64 Å².